The Hall–Kier alpha value is -0.950. The molecule has 2 N–H and O–H groups in total. The molecule has 3 atom stereocenters. The summed E-state index contributed by atoms with van der Waals surface area (Å²) in [5, 5.41) is 18.9. The molecule has 0 heterocycles. The molecule has 6 nitrogen and oxygen atoms in total. The predicted molar refractivity (Wildman–Crippen MR) is 69.4 cm³/mol. The van der Waals surface area contributed by atoms with E-state index in [0.717, 1.165) is 5.57 Å². The van der Waals surface area contributed by atoms with Crippen molar-refractivity contribution in [2.24, 2.45) is 0 Å². The van der Waals surface area contributed by atoms with Crippen LogP contribution in [0.5, 0.6) is 0 Å². The van der Waals surface area contributed by atoms with Crippen molar-refractivity contribution in [1.82, 2.24) is 0 Å². The second kappa shape index (κ2) is 8.27. The minimum absolute atomic E-state index is 0.0184. The van der Waals surface area contributed by atoms with Crippen LogP contribution in [0.2, 0.25) is 0 Å². The van der Waals surface area contributed by atoms with Crippen LogP contribution in [0.25, 0.3) is 0 Å². The molecular weight excluding hydrogens is 252 g/mol. The lowest BCUT2D eigenvalue weighted by Gasteiger charge is -2.25. The van der Waals surface area contributed by atoms with E-state index in [2.05, 4.69) is 6.58 Å². The van der Waals surface area contributed by atoms with Gasteiger partial charge in [-0.25, -0.2) is 4.79 Å². The van der Waals surface area contributed by atoms with Gasteiger partial charge in [0.2, 0.25) is 5.79 Å². The molecule has 0 bridgehead atoms. The first kappa shape index (κ1) is 18.0. The van der Waals surface area contributed by atoms with Gasteiger partial charge in [-0.05, 0) is 20.8 Å². The molecule has 0 spiro atoms. The van der Waals surface area contributed by atoms with Crippen molar-refractivity contribution in [2.75, 3.05) is 19.8 Å². The summed E-state index contributed by atoms with van der Waals surface area (Å²) in [4.78, 5) is 11.6. The molecular formula is C13H24O6. The summed E-state index contributed by atoms with van der Waals surface area (Å²) in [6, 6.07) is 0. The van der Waals surface area contributed by atoms with Crippen LogP contribution in [-0.2, 0) is 19.0 Å². The van der Waals surface area contributed by atoms with E-state index >= 15 is 0 Å². The molecule has 3 unspecified atom stereocenters. The smallest absolute Gasteiger partial charge is 0.337 e. The van der Waals surface area contributed by atoms with E-state index in [1.54, 1.807) is 13.8 Å². The van der Waals surface area contributed by atoms with Gasteiger partial charge in [-0.15, -0.1) is 0 Å². The van der Waals surface area contributed by atoms with E-state index in [9.17, 15) is 9.90 Å². The Bertz CT molecular complexity index is 298. The number of esters is 1. The minimum atomic E-state index is -1.73. The van der Waals surface area contributed by atoms with Crippen molar-refractivity contribution in [3.8, 4) is 0 Å². The first-order chi connectivity index (χ1) is 8.64. The maximum atomic E-state index is 11.6. The largest absolute Gasteiger partial charge is 0.429 e. The third kappa shape index (κ3) is 9.61. The Morgan fingerprint density at radius 3 is 2.47 bits per heavy atom. The molecule has 0 rings (SSSR count). The van der Waals surface area contributed by atoms with E-state index in [-0.39, 0.29) is 19.8 Å². The van der Waals surface area contributed by atoms with Crippen molar-refractivity contribution in [2.45, 2.75) is 45.7 Å². The number of rotatable bonds is 9. The van der Waals surface area contributed by atoms with E-state index in [0.29, 0.717) is 0 Å². The van der Waals surface area contributed by atoms with Crippen LogP contribution in [0, 0.1) is 0 Å². The molecule has 6 heteroatoms. The van der Waals surface area contributed by atoms with Crippen LogP contribution in [0.4, 0.5) is 0 Å². The SMILES string of the molecule is C=C(C)COCC(C)(O)OC(=O)C(C)OCC(C)O. The van der Waals surface area contributed by atoms with Crippen molar-refractivity contribution in [3.05, 3.63) is 12.2 Å². The highest BCUT2D eigenvalue weighted by atomic mass is 16.7. The monoisotopic (exact) mass is 276 g/mol. The van der Waals surface area contributed by atoms with Gasteiger partial charge in [0.05, 0.1) is 19.3 Å². The minimum Gasteiger partial charge on any atom is -0.429 e. The summed E-state index contributed by atoms with van der Waals surface area (Å²) in [6.45, 7) is 9.92. The predicted octanol–water partition coefficient (Wildman–Crippen LogP) is 0.617. The topological polar surface area (TPSA) is 85.2 Å². The molecule has 0 aromatic carbocycles. The van der Waals surface area contributed by atoms with Gasteiger partial charge in [-0.3, -0.25) is 0 Å². The lowest BCUT2D eigenvalue weighted by atomic mass is 10.3. The first-order valence-corrected chi connectivity index (χ1v) is 6.11. The molecule has 0 radical (unpaired) electrons. The molecule has 112 valence electrons. The van der Waals surface area contributed by atoms with Crippen molar-refractivity contribution in [3.63, 3.8) is 0 Å². The molecule has 0 fully saturated rings. The first-order valence-electron chi connectivity index (χ1n) is 6.11. The average molecular weight is 276 g/mol. The maximum Gasteiger partial charge on any atom is 0.337 e. The van der Waals surface area contributed by atoms with E-state index < -0.39 is 24.0 Å². The number of carbonyl (C=O) groups is 1. The summed E-state index contributed by atoms with van der Waals surface area (Å²) >= 11 is 0. The summed E-state index contributed by atoms with van der Waals surface area (Å²) in [6.07, 6.45) is -1.54. The Labute approximate surface area is 114 Å². The van der Waals surface area contributed by atoms with E-state index in [4.69, 9.17) is 19.3 Å². The van der Waals surface area contributed by atoms with Crippen LogP contribution < -0.4 is 0 Å². The Kier molecular flexibility index (Phi) is 7.85. The van der Waals surface area contributed by atoms with Crippen molar-refractivity contribution < 1.29 is 29.2 Å². The molecule has 0 amide bonds. The highest BCUT2D eigenvalue weighted by Crippen LogP contribution is 2.10. The number of hydrogen-bond donors (Lipinski definition) is 2. The maximum absolute atomic E-state index is 11.6. The fourth-order valence-electron chi connectivity index (χ4n) is 1.10. The Morgan fingerprint density at radius 1 is 1.42 bits per heavy atom. The standard InChI is InChI=1S/C13H24O6/c1-9(2)6-17-8-13(5,16)19-12(15)11(4)18-7-10(3)14/h10-11,14,16H,1,6-8H2,2-5H3. The molecule has 0 saturated heterocycles. The second-order valence-electron chi connectivity index (χ2n) is 4.87. The van der Waals surface area contributed by atoms with Gasteiger partial charge in [0, 0.05) is 6.92 Å². The normalized spacial score (nSPS) is 17.4. The van der Waals surface area contributed by atoms with Gasteiger partial charge in [0.25, 0.3) is 0 Å². The van der Waals surface area contributed by atoms with Crippen molar-refractivity contribution >= 4 is 5.97 Å². The van der Waals surface area contributed by atoms with Gasteiger partial charge in [0.15, 0.2) is 6.10 Å². The summed E-state index contributed by atoms with van der Waals surface area (Å²) in [5.41, 5.74) is 0.802. The lowest BCUT2D eigenvalue weighted by Crippen LogP contribution is -2.40. The van der Waals surface area contributed by atoms with Gasteiger partial charge in [-0.2, -0.15) is 0 Å². The zero-order valence-electron chi connectivity index (χ0n) is 12.0. The molecule has 0 aliphatic rings. The Morgan fingerprint density at radius 2 is 2.00 bits per heavy atom. The van der Waals surface area contributed by atoms with Crippen LogP contribution in [0.1, 0.15) is 27.7 Å². The zero-order valence-corrected chi connectivity index (χ0v) is 12.0. The zero-order chi connectivity index (χ0) is 15.1. The lowest BCUT2D eigenvalue weighted by molar-refractivity contribution is -0.227. The summed E-state index contributed by atoms with van der Waals surface area (Å²) < 4.78 is 15.1. The van der Waals surface area contributed by atoms with Gasteiger partial charge >= 0.3 is 5.97 Å². The third-order valence-electron chi connectivity index (χ3n) is 1.96. The highest BCUT2D eigenvalue weighted by Gasteiger charge is 2.29. The summed E-state index contributed by atoms with van der Waals surface area (Å²) in [5.74, 6) is -2.45. The number of carbonyl (C=O) groups excluding carboxylic acids is 1. The molecule has 0 aliphatic heterocycles. The molecule has 0 aliphatic carbocycles. The molecule has 19 heavy (non-hydrogen) atoms. The number of hydrogen-bond acceptors (Lipinski definition) is 6. The fraction of sp³-hybridized carbons (Fsp3) is 0.769. The molecule has 0 aromatic heterocycles. The van der Waals surface area contributed by atoms with Gasteiger partial charge in [-0.1, -0.05) is 12.2 Å². The number of aliphatic hydroxyl groups excluding tert-OH is 1. The Balaban J connectivity index is 4.09. The fourth-order valence-corrected chi connectivity index (χ4v) is 1.10. The van der Waals surface area contributed by atoms with Crippen LogP contribution in [-0.4, -0.2) is 54.0 Å². The molecule has 0 aromatic rings. The third-order valence-corrected chi connectivity index (χ3v) is 1.96. The summed E-state index contributed by atoms with van der Waals surface area (Å²) in [7, 11) is 0. The van der Waals surface area contributed by atoms with Crippen LogP contribution >= 0.6 is 0 Å². The van der Waals surface area contributed by atoms with Crippen LogP contribution in [0.15, 0.2) is 12.2 Å². The second-order valence-corrected chi connectivity index (χ2v) is 4.87. The van der Waals surface area contributed by atoms with E-state index in [1.807, 2.05) is 0 Å². The number of aliphatic hydroxyl groups is 2. The van der Waals surface area contributed by atoms with E-state index in [1.165, 1.54) is 13.8 Å². The van der Waals surface area contributed by atoms with Crippen molar-refractivity contribution in [1.29, 1.82) is 0 Å². The highest BCUT2D eigenvalue weighted by molar-refractivity contribution is 5.74. The van der Waals surface area contributed by atoms with Gasteiger partial charge < -0.3 is 24.4 Å². The number of ether oxygens (including phenoxy) is 3. The quantitative estimate of drug-likeness (QED) is 0.365. The average Bonchev–Trinajstić information content (AvgIpc) is 2.23. The van der Waals surface area contributed by atoms with Gasteiger partial charge in [0.1, 0.15) is 6.61 Å². The van der Waals surface area contributed by atoms with Crippen LogP contribution in [0.3, 0.4) is 0 Å². The molecule has 0 saturated carbocycles.